The van der Waals surface area contributed by atoms with E-state index < -0.39 is 6.10 Å². The van der Waals surface area contributed by atoms with Crippen molar-refractivity contribution in [3.05, 3.63) is 109 Å². The van der Waals surface area contributed by atoms with E-state index in [2.05, 4.69) is 130 Å². The smallest absolute Gasteiger partial charge is 0.306 e. The third-order valence-electron chi connectivity index (χ3n) is 11.8. The molecule has 0 heterocycles. The van der Waals surface area contributed by atoms with E-state index in [0.717, 1.165) is 109 Å². The second kappa shape index (κ2) is 56.7. The standard InChI is InChI=1S/C63H104O6/c1-4-7-10-13-16-18-20-22-24-26-28-30-31-33-34-36-38-40-42-44-47-50-53-56-62(65)68-59-60(58-67-61(64)55-52-49-46-15-12-9-6-3)69-63(66)57-54-51-48-45-43-41-39-37-35-32-29-27-25-23-21-19-17-14-11-8-5-2/h8,11,17,19-20,22-23,25-26,28-29,31-33,37,39,43,45,60H,4-7,9-10,12-16,18,21,24,27,30,34-36,38,40-42,44,46-59H2,1-3H3/b11-8-,19-17-,22-20-,25-23-,28-26-,32-29-,33-31-,39-37-,45-43-. The quantitative estimate of drug-likeness (QED) is 0.0262. The molecule has 0 aliphatic heterocycles. The van der Waals surface area contributed by atoms with Crippen LogP contribution >= 0.6 is 0 Å². The maximum Gasteiger partial charge on any atom is 0.306 e. The van der Waals surface area contributed by atoms with Crippen LogP contribution in [0.4, 0.5) is 0 Å². The second-order valence-electron chi connectivity index (χ2n) is 18.5. The molecule has 0 amide bonds. The fourth-order valence-corrected chi connectivity index (χ4v) is 7.51. The summed E-state index contributed by atoms with van der Waals surface area (Å²) in [7, 11) is 0. The number of hydrogen-bond donors (Lipinski definition) is 0. The van der Waals surface area contributed by atoms with E-state index in [1.165, 1.54) is 96.3 Å². The summed E-state index contributed by atoms with van der Waals surface area (Å²) in [5.74, 6) is -0.959. The molecule has 0 spiro atoms. The van der Waals surface area contributed by atoms with Crippen LogP contribution < -0.4 is 0 Å². The highest BCUT2D eigenvalue weighted by Gasteiger charge is 2.19. The van der Waals surface area contributed by atoms with Gasteiger partial charge in [-0.1, -0.05) is 233 Å². The highest BCUT2D eigenvalue weighted by molar-refractivity contribution is 5.71. The number of hydrogen-bond acceptors (Lipinski definition) is 6. The molecule has 1 unspecified atom stereocenters. The van der Waals surface area contributed by atoms with Crippen molar-refractivity contribution in [2.75, 3.05) is 13.2 Å². The second-order valence-corrected chi connectivity index (χ2v) is 18.5. The molecule has 0 aromatic heterocycles. The summed E-state index contributed by atoms with van der Waals surface area (Å²) in [5.41, 5.74) is 0. The lowest BCUT2D eigenvalue weighted by atomic mass is 10.1. The van der Waals surface area contributed by atoms with Crippen molar-refractivity contribution in [3.63, 3.8) is 0 Å². The maximum absolute atomic E-state index is 12.8. The molecule has 1 atom stereocenters. The molecule has 0 aliphatic rings. The summed E-state index contributed by atoms with van der Waals surface area (Å²) < 4.78 is 16.7. The van der Waals surface area contributed by atoms with Crippen LogP contribution in [0.2, 0.25) is 0 Å². The first-order valence-electron chi connectivity index (χ1n) is 28.4. The number of carbonyl (C=O) groups excluding carboxylic acids is 3. The van der Waals surface area contributed by atoms with Crippen molar-refractivity contribution in [1.82, 2.24) is 0 Å². The Bertz CT molecular complexity index is 1420. The van der Waals surface area contributed by atoms with E-state index in [9.17, 15) is 14.4 Å². The highest BCUT2D eigenvalue weighted by Crippen LogP contribution is 2.14. The largest absolute Gasteiger partial charge is 0.462 e. The number of ether oxygens (including phenoxy) is 3. The Morgan fingerprint density at radius 1 is 0.304 bits per heavy atom. The zero-order valence-corrected chi connectivity index (χ0v) is 44.8. The van der Waals surface area contributed by atoms with Crippen LogP contribution in [0.1, 0.15) is 252 Å². The molecule has 0 rings (SSSR count). The fraction of sp³-hybridized carbons (Fsp3) is 0.667. The van der Waals surface area contributed by atoms with Gasteiger partial charge in [-0.25, -0.2) is 0 Å². The predicted octanol–water partition coefficient (Wildman–Crippen LogP) is 19.1. The number of esters is 3. The van der Waals surface area contributed by atoms with Gasteiger partial charge < -0.3 is 14.2 Å². The Morgan fingerprint density at radius 2 is 0.565 bits per heavy atom. The monoisotopic (exact) mass is 957 g/mol. The van der Waals surface area contributed by atoms with Crippen LogP contribution in [0.25, 0.3) is 0 Å². The van der Waals surface area contributed by atoms with Gasteiger partial charge in [0.1, 0.15) is 13.2 Å². The first-order chi connectivity index (χ1) is 34.0. The van der Waals surface area contributed by atoms with Gasteiger partial charge in [0.15, 0.2) is 6.10 Å². The first kappa shape index (κ1) is 65.1. The van der Waals surface area contributed by atoms with Crippen molar-refractivity contribution >= 4 is 17.9 Å². The summed E-state index contributed by atoms with van der Waals surface area (Å²) >= 11 is 0. The summed E-state index contributed by atoms with van der Waals surface area (Å²) in [6, 6.07) is 0. The van der Waals surface area contributed by atoms with E-state index in [-0.39, 0.29) is 37.5 Å². The lowest BCUT2D eigenvalue weighted by molar-refractivity contribution is -0.167. The van der Waals surface area contributed by atoms with E-state index in [4.69, 9.17) is 14.2 Å². The van der Waals surface area contributed by atoms with Gasteiger partial charge in [-0.2, -0.15) is 0 Å². The molecule has 0 aromatic rings. The van der Waals surface area contributed by atoms with E-state index >= 15 is 0 Å². The Morgan fingerprint density at radius 3 is 0.913 bits per heavy atom. The average Bonchev–Trinajstić information content (AvgIpc) is 3.35. The van der Waals surface area contributed by atoms with Gasteiger partial charge in [-0.3, -0.25) is 14.4 Å². The fourth-order valence-electron chi connectivity index (χ4n) is 7.51. The molecule has 69 heavy (non-hydrogen) atoms. The molecule has 0 radical (unpaired) electrons. The van der Waals surface area contributed by atoms with E-state index in [0.29, 0.717) is 19.3 Å². The first-order valence-corrected chi connectivity index (χ1v) is 28.4. The summed E-state index contributed by atoms with van der Waals surface area (Å²) in [4.78, 5) is 37.9. The highest BCUT2D eigenvalue weighted by atomic mass is 16.6. The molecule has 0 aliphatic carbocycles. The SMILES string of the molecule is CC/C=C\C/C=C\C/C=C\C/C=C\C/C=C\C/C=C\CCCCC(=O)OC(COC(=O)CCCCCCCCC)COC(=O)CCCCCCCCCC/C=C\C/C=C\C/C=C\CCCCCCC. The van der Waals surface area contributed by atoms with Crippen LogP contribution in [-0.2, 0) is 28.6 Å². The van der Waals surface area contributed by atoms with Gasteiger partial charge in [0.25, 0.3) is 0 Å². The number of rotatable bonds is 50. The molecule has 0 saturated carbocycles. The lowest BCUT2D eigenvalue weighted by Gasteiger charge is -2.18. The summed E-state index contributed by atoms with van der Waals surface area (Å²) in [5, 5.41) is 0. The van der Waals surface area contributed by atoms with Gasteiger partial charge in [0.05, 0.1) is 0 Å². The molecule has 0 aromatic carbocycles. The minimum atomic E-state index is -0.804. The maximum atomic E-state index is 12.8. The molecular formula is C63H104O6. The number of carbonyl (C=O) groups is 3. The molecular weight excluding hydrogens is 853 g/mol. The predicted molar refractivity (Wildman–Crippen MR) is 297 cm³/mol. The Balaban J connectivity index is 4.32. The topological polar surface area (TPSA) is 78.9 Å². The Labute approximate surface area is 425 Å². The average molecular weight is 958 g/mol. The molecule has 392 valence electrons. The van der Waals surface area contributed by atoms with E-state index in [1.807, 2.05) is 0 Å². The summed E-state index contributed by atoms with van der Waals surface area (Å²) in [6.45, 7) is 6.42. The van der Waals surface area contributed by atoms with Crippen molar-refractivity contribution in [2.24, 2.45) is 0 Å². The van der Waals surface area contributed by atoms with Crippen LogP contribution in [0.15, 0.2) is 109 Å². The van der Waals surface area contributed by atoms with Gasteiger partial charge in [-0.15, -0.1) is 0 Å². The van der Waals surface area contributed by atoms with Crippen molar-refractivity contribution in [2.45, 2.75) is 258 Å². The van der Waals surface area contributed by atoms with Gasteiger partial charge in [0.2, 0.25) is 0 Å². The normalized spacial score (nSPS) is 12.9. The molecule has 0 bridgehead atoms. The molecule has 6 nitrogen and oxygen atoms in total. The third-order valence-corrected chi connectivity index (χ3v) is 11.8. The summed E-state index contributed by atoms with van der Waals surface area (Å²) in [6.07, 6.45) is 76.7. The zero-order chi connectivity index (χ0) is 50.0. The molecule has 0 fully saturated rings. The molecule has 0 N–H and O–H groups in total. The van der Waals surface area contributed by atoms with Gasteiger partial charge >= 0.3 is 17.9 Å². The van der Waals surface area contributed by atoms with Crippen molar-refractivity contribution < 1.29 is 28.6 Å². The lowest BCUT2D eigenvalue weighted by Crippen LogP contribution is -2.30. The van der Waals surface area contributed by atoms with Crippen LogP contribution in [0.5, 0.6) is 0 Å². The third kappa shape index (κ3) is 54.9. The van der Waals surface area contributed by atoms with E-state index in [1.54, 1.807) is 0 Å². The van der Waals surface area contributed by atoms with Gasteiger partial charge in [-0.05, 0) is 109 Å². The minimum absolute atomic E-state index is 0.0992. The minimum Gasteiger partial charge on any atom is -0.462 e. The Hall–Kier alpha value is -3.93. The van der Waals surface area contributed by atoms with Crippen LogP contribution in [-0.4, -0.2) is 37.2 Å². The molecule has 0 saturated heterocycles. The van der Waals surface area contributed by atoms with Crippen molar-refractivity contribution in [3.8, 4) is 0 Å². The zero-order valence-electron chi connectivity index (χ0n) is 44.8. The van der Waals surface area contributed by atoms with Crippen LogP contribution in [0.3, 0.4) is 0 Å². The van der Waals surface area contributed by atoms with Crippen LogP contribution in [0, 0.1) is 0 Å². The number of unbranched alkanes of at least 4 members (excludes halogenated alkanes) is 21. The molecule has 6 heteroatoms. The van der Waals surface area contributed by atoms with Crippen molar-refractivity contribution in [1.29, 1.82) is 0 Å². The van der Waals surface area contributed by atoms with Gasteiger partial charge in [0, 0.05) is 19.3 Å². The Kier molecular flexibility index (Phi) is 53.4. The number of allylic oxidation sites excluding steroid dienone is 18.